The second-order valence-corrected chi connectivity index (χ2v) is 4.76. The van der Waals surface area contributed by atoms with Gasteiger partial charge in [0, 0.05) is 19.8 Å². The third kappa shape index (κ3) is 4.14. The summed E-state index contributed by atoms with van der Waals surface area (Å²) in [4.78, 5) is 12.0. The van der Waals surface area contributed by atoms with Crippen LogP contribution in [0.25, 0.3) is 0 Å². The van der Waals surface area contributed by atoms with Gasteiger partial charge in [-0.3, -0.25) is 9.48 Å². The molecule has 0 aliphatic rings. The second kappa shape index (κ2) is 7.16. The van der Waals surface area contributed by atoms with Crippen LogP contribution < -0.4 is 11.1 Å². The van der Waals surface area contributed by atoms with Crippen LogP contribution in [-0.2, 0) is 13.5 Å². The van der Waals surface area contributed by atoms with Crippen molar-refractivity contribution in [2.75, 3.05) is 13.1 Å². The third-order valence-electron chi connectivity index (χ3n) is 3.05. The van der Waals surface area contributed by atoms with Gasteiger partial charge in [0.25, 0.3) is 5.91 Å². The number of nitrogens with zero attached hydrogens (tertiary/aromatic N) is 2. The van der Waals surface area contributed by atoms with Crippen LogP contribution in [0, 0.1) is 5.92 Å². The Morgan fingerprint density at radius 3 is 2.94 bits per heavy atom. The first-order valence-corrected chi connectivity index (χ1v) is 6.59. The first kappa shape index (κ1) is 14.7. The van der Waals surface area contributed by atoms with E-state index in [1.807, 2.05) is 14.0 Å². The summed E-state index contributed by atoms with van der Waals surface area (Å²) in [6, 6.07) is 0. The number of carbonyl (C=O) groups is 1. The molecular weight excluding hydrogens is 228 g/mol. The molecule has 5 nitrogen and oxygen atoms in total. The van der Waals surface area contributed by atoms with Crippen molar-refractivity contribution in [2.24, 2.45) is 18.7 Å². The Morgan fingerprint density at radius 1 is 1.61 bits per heavy atom. The molecule has 0 aliphatic heterocycles. The summed E-state index contributed by atoms with van der Waals surface area (Å²) >= 11 is 0. The van der Waals surface area contributed by atoms with Crippen LogP contribution in [0.2, 0.25) is 0 Å². The molecule has 0 spiro atoms. The van der Waals surface area contributed by atoms with Gasteiger partial charge in [-0.15, -0.1) is 0 Å². The second-order valence-electron chi connectivity index (χ2n) is 4.76. The molecule has 1 atom stereocenters. The lowest BCUT2D eigenvalue weighted by atomic mass is 10.1. The molecular formula is C13H24N4O. The van der Waals surface area contributed by atoms with E-state index in [4.69, 9.17) is 5.73 Å². The Kier molecular flexibility index (Phi) is 5.85. The van der Waals surface area contributed by atoms with Crippen molar-refractivity contribution in [3.8, 4) is 0 Å². The highest BCUT2D eigenvalue weighted by Gasteiger charge is 2.13. The first-order valence-electron chi connectivity index (χ1n) is 6.59. The van der Waals surface area contributed by atoms with Gasteiger partial charge >= 0.3 is 0 Å². The Morgan fingerprint density at radius 2 is 2.33 bits per heavy atom. The van der Waals surface area contributed by atoms with Crippen LogP contribution in [0.5, 0.6) is 0 Å². The Bertz CT molecular complexity index is 386. The van der Waals surface area contributed by atoms with Crippen molar-refractivity contribution in [3.05, 3.63) is 17.5 Å². The molecule has 3 N–H and O–H groups in total. The Labute approximate surface area is 109 Å². The van der Waals surface area contributed by atoms with E-state index in [0.29, 0.717) is 24.6 Å². The molecule has 0 fully saturated rings. The van der Waals surface area contributed by atoms with E-state index in [1.165, 1.54) is 0 Å². The zero-order valence-corrected chi connectivity index (χ0v) is 11.6. The highest BCUT2D eigenvalue weighted by molar-refractivity contribution is 5.95. The summed E-state index contributed by atoms with van der Waals surface area (Å²) in [5.41, 5.74) is 7.09. The minimum absolute atomic E-state index is 0.0275. The minimum Gasteiger partial charge on any atom is -0.352 e. The zero-order valence-electron chi connectivity index (χ0n) is 11.6. The van der Waals surface area contributed by atoms with Gasteiger partial charge in [-0.25, -0.2) is 0 Å². The summed E-state index contributed by atoms with van der Waals surface area (Å²) in [5.74, 6) is 0.492. The highest BCUT2D eigenvalue weighted by Crippen LogP contribution is 2.07. The lowest BCUT2D eigenvalue weighted by Crippen LogP contribution is -2.25. The molecule has 0 saturated heterocycles. The summed E-state index contributed by atoms with van der Waals surface area (Å²) in [6.07, 6.45) is 4.56. The van der Waals surface area contributed by atoms with E-state index in [0.717, 1.165) is 25.0 Å². The van der Waals surface area contributed by atoms with E-state index in [1.54, 1.807) is 10.9 Å². The van der Waals surface area contributed by atoms with Crippen LogP contribution in [0.1, 0.15) is 42.7 Å². The van der Waals surface area contributed by atoms with Crippen molar-refractivity contribution in [3.63, 3.8) is 0 Å². The molecule has 1 rings (SSSR count). The molecule has 1 heterocycles. The number of nitrogens with two attached hydrogens (primary N) is 1. The number of nitrogens with one attached hydrogen (secondary N) is 1. The number of hydrogen-bond acceptors (Lipinski definition) is 3. The Hall–Kier alpha value is -1.36. The molecule has 1 unspecified atom stereocenters. The largest absolute Gasteiger partial charge is 0.352 e. The summed E-state index contributed by atoms with van der Waals surface area (Å²) in [5, 5.41) is 7.19. The van der Waals surface area contributed by atoms with Crippen molar-refractivity contribution in [1.82, 2.24) is 15.1 Å². The summed E-state index contributed by atoms with van der Waals surface area (Å²) < 4.78 is 1.68. The normalized spacial score (nSPS) is 12.4. The van der Waals surface area contributed by atoms with Crippen LogP contribution >= 0.6 is 0 Å². The van der Waals surface area contributed by atoms with Gasteiger partial charge in [0.05, 0.1) is 11.3 Å². The third-order valence-corrected chi connectivity index (χ3v) is 3.05. The number of amides is 1. The molecule has 0 bridgehead atoms. The van der Waals surface area contributed by atoms with Crippen LogP contribution in [0.3, 0.4) is 0 Å². The quantitative estimate of drug-likeness (QED) is 0.713. The predicted molar refractivity (Wildman–Crippen MR) is 72.4 cm³/mol. The smallest absolute Gasteiger partial charge is 0.254 e. The maximum atomic E-state index is 12.0. The lowest BCUT2D eigenvalue weighted by Gasteiger charge is -2.08. The fourth-order valence-corrected chi connectivity index (χ4v) is 1.85. The standard InChI is InChI=1S/C13H24N4O/c1-4-12-11(9-17(3)16-12)13(18)15-7-5-6-10(2)8-14/h9-10H,4-8,14H2,1-3H3,(H,15,18). The molecule has 102 valence electrons. The molecule has 1 aromatic heterocycles. The number of aromatic nitrogens is 2. The van der Waals surface area contributed by atoms with Gasteiger partial charge in [-0.2, -0.15) is 5.10 Å². The predicted octanol–water partition coefficient (Wildman–Crippen LogP) is 1.09. The Balaban J connectivity index is 2.40. The topological polar surface area (TPSA) is 72.9 Å². The molecule has 5 heteroatoms. The van der Waals surface area contributed by atoms with Gasteiger partial charge < -0.3 is 11.1 Å². The van der Waals surface area contributed by atoms with Gasteiger partial charge in [0.1, 0.15) is 0 Å². The van der Waals surface area contributed by atoms with Crippen LogP contribution in [-0.4, -0.2) is 28.8 Å². The van der Waals surface area contributed by atoms with Crippen molar-refractivity contribution in [1.29, 1.82) is 0 Å². The van der Waals surface area contributed by atoms with E-state index in [9.17, 15) is 4.79 Å². The van der Waals surface area contributed by atoms with E-state index >= 15 is 0 Å². The van der Waals surface area contributed by atoms with Crippen LogP contribution in [0.4, 0.5) is 0 Å². The summed E-state index contributed by atoms with van der Waals surface area (Å²) in [6.45, 7) is 5.53. The molecule has 0 aliphatic carbocycles. The maximum absolute atomic E-state index is 12.0. The molecule has 0 aromatic carbocycles. The van der Waals surface area contributed by atoms with Gasteiger partial charge in [0.2, 0.25) is 0 Å². The maximum Gasteiger partial charge on any atom is 0.254 e. The number of rotatable bonds is 7. The minimum atomic E-state index is -0.0275. The lowest BCUT2D eigenvalue weighted by molar-refractivity contribution is 0.0951. The monoisotopic (exact) mass is 252 g/mol. The average molecular weight is 252 g/mol. The van der Waals surface area contributed by atoms with Gasteiger partial charge in [0.15, 0.2) is 0 Å². The van der Waals surface area contributed by atoms with Crippen molar-refractivity contribution < 1.29 is 4.79 Å². The molecule has 0 radical (unpaired) electrons. The number of hydrogen-bond donors (Lipinski definition) is 2. The molecule has 1 aromatic rings. The average Bonchev–Trinajstić information content (AvgIpc) is 2.75. The zero-order chi connectivity index (χ0) is 13.5. The molecule has 0 saturated carbocycles. The highest BCUT2D eigenvalue weighted by atomic mass is 16.1. The van der Waals surface area contributed by atoms with E-state index in [2.05, 4.69) is 17.3 Å². The van der Waals surface area contributed by atoms with Gasteiger partial charge in [-0.05, 0) is 31.7 Å². The fourth-order valence-electron chi connectivity index (χ4n) is 1.85. The van der Waals surface area contributed by atoms with Crippen molar-refractivity contribution >= 4 is 5.91 Å². The first-order chi connectivity index (χ1) is 8.58. The van der Waals surface area contributed by atoms with Crippen LogP contribution in [0.15, 0.2) is 6.20 Å². The van der Waals surface area contributed by atoms with Crippen molar-refractivity contribution in [2.45, 2.75) is 33.1 Å². The number of carbonyl (C=O) groups excluding carboxylic acids is 1. The van der Waals surface area contributed by atoms with E-state index in [-0.39, 0.29) is 5.91 Å². The SMILES string of the molecule is CCc1nn(C)cc1C(=O)NCCCC(C)CN. The fraction of sp³-hybridized carbons (Fsp3) is 0.692. The number of aryl methyl sites for hydroxylation is 2. The van der Waals surface area contributed by atoms with Gasteiger partial charge in [-0.1, -0.05) is 13.8 Å². The van der Waals surface area contributed by atoms with E-state index < -0.39 is 0 Å². The molecule has 18 heavy (non-hydrogen) atoms. The molecule has 1 amide bonds. The summed E-state index contributed by atoms with van der Waals surface area (Å²) in [7, 11) is 1.83.